The van der Waals surface area contributed by atoms with Crippen LogP contribution in [0.2, 0.25) is 0 Å². The molecule has 0 saturated heterocycles. The first-order valence-electron chi connectivity index (χ1n) is 4.95. The molecule has 0 aliphatic rings. The van der Waals surface area contributed by atoms with Crippen molar-refractivity contribution in [1.29, 1.82) is 0 Å². The van der Waals surface area contributed by atoms with Crippen molar-refractivity contribution in [1.82, 2.24) is 0 Å². The molecule has 0 unspecified atom stereocenters. The monoisotopic (exact) mass is 204 g/mol. The van der Waals surface area contributed by atoms with Crippen molar-refractivity contribution in [2.75, 3.05) is 0 Å². The SMILES string of the molecule is C/C=C\c1cc(C)ccc1C(=S)CC. The van der Waals surface area contributed by atoms with Gasteiger partial charge in [0.15, 0.2) is 0 Å². The number of aryl methyl sites for hydroxylation is 1. The minimum atomic E-state index is 0.933. The van der Waals surface area contributed by atoms with Gasteiger partial charge in [0, 0.05) is 4.86 Å². The highest BCUT2D eigenvalue weighted by Crippen LogP contribution is 2.16. The standard InChI is InChI=1S/C13H16S/c1-4-6-11-9-10(3)7-8-12(11)13(14)5-2/h4,6-9H,5H2,1-3H3/b6-4-. The van der Waals surface area contributed by atoms with Crippen molar-refractivity contribution in [2.24, 2.45) is 0 Å². The zero-order chi connectivity index (χ0) is 10.6. The van der Waals surface area contributed by atoms with Gasteiger partial charge < -0.3 is 0 Å². The minimum absolute atomic E-state index is 0.933. The first-order chi connectivity index (χ1) is 6.69. The maximum Gasteiger partial charge on any atom is 0.0227 e. The molecule has 0 aliphatic carbocycles. The van der Waals surface area contributed by atoms with Gasteiger partial charge in [-0.05, 0) is 31.4 Å². The van der Waals surface area contributed by atoms with Gasteiger partial charge in [-0.2, -0.15) is 0 Å². The number of thiocarbonyl (C=S) groups is 1. The van der Waals surface area contributed by atoms with Gasteiger partial charge >= 0.3 is 0 Å². The van der Waals surface area contributed by atoms with E-state index >= 15 is 0 Å². The average Bonchev–Trinajstić information content (AvgIpc) is 2.17. The number of hydrogen-bond donors (Lipinski definition) is 0. The van der Waals surface area contributed by atoms with Gasteiger partial charge in [0.1, 0.15) is 0 Å². The molecule has 0 heterocycles. The van der Waals surface area contributed by atoms with Crippen molar-refractivity contribution >= 4 is 23.2 Å². The van der Waals surface area contributed by atoms with Crippen LogP contribution in [0.4, 0.5) is 0 Å². The molecule has 0 radical (unpaired) electrons. The van der Waals surface area contributed by atoms with Crippen molar-refractivity contribution in [3.8, 4) is 0 Å². The quantitative estimate of drug-likeness (QED) is 0.526. The molecular formula is C13H16S. The maximum absolute atomic E-state index is 5.33. The van der Waals surface area contributed by atoms with Gasteiger partial charge in [-0.3, -0.25) is 0 Å². The third-order valence-corrected chi connectivity index (χ3v) is 2.68. The van der Waals surface area contributed by atoms with Crippen LogP contribution in [0.5, 0.6) is 0 Å². The topological polar surface area (TPSA) is 0 Å². The van der Waals surface area contributed by atoms with Crippen LogP contribution in [0.1, 0.15) is 37.0 Å². The molecule has 0 bridgehead atoms. The van der Waals surface area contributed by atoms with Crippen LogP contribution in [0.15, 0.2) is 24.3 Å². The highest BCUT2D eigenvalue weighted by atomic mass is 32.1. The lowest BCUT2D eigenvalue weighted by atomic mass is 10.0. The van der Waals surface area contributed by atoms with Crippen molar-refractivity contribution in [3.05, 3.63) is 41.0 Å². The molecule has 0 nitrogen and oxygen atoms in total. The Morgan fingerprint density at radius 2 is 2.14 bits per heavy atom. The molecule has 0 saturated carbocycles. The van der Waals surface area contributed by atoms with Crippen LogP contribution in [0.25, 0.3) is 6.08 Å². The number of hydrogen-bond acceptors (Lipinski definition) is 1. The van der Waals surface area contributed by atoms with Gasteiger partial charge in [-0.25, -0.2) is 0 Å². The second kappa shape index (κ2) is 5.06. The highest BCUT2D eigenvalue weighted by molar-refractivity contribution is 7.80. The Morgan fingerprint density at radius 1 is 1.43 bits per heavy atom. The van der Waals surface area contributed by atoms with Crippen LogP contribution in [0, 0.1) is 6.92 Å². The molecule has 74 valence electrons. The van der Waals surface area contributed by atoms with Crippen LogP contribution in [0.3, 0.4) is 0 Å². The third kappa shape index (κ3) is 2.52. The summed E-state index contributed by atoms with van der Waals surface area (Å²) in [6.45, 7) is 6.23. The minimum Gasteiger partial charge on any atom is -0.0870 e. The Morgan fingerprint density at radius 3 is 2.71 bits per heavy atom. The molecule has 0 spiro atoms. The number of rotatable bonds is 3. The Hall–Kier alpha value is -0.950. The molecule has 1 heteroatoms. The van der Waals surface area contributed by atoms with Crippen molar-refractivity contribution in [2.45, 2.75) is 27.2 Å². The maximum atomic E-state index is 5.33. The lowest BCUT2D eigenvalue weighted by molar-refractivity contribution is 1.31. The van der Waals surface area contributed by atoms with E-state index in [0.29, 0.717) is 0 Å². The lowest BCUT2D eigenvalue weighted by Crippen LogP contribution is -1.98. The summed E-state index contributed by atoms with van der Waals surface area (Å²) in [5, 5.41) is 0. The summed E-state index contributed by atoms with van der Waals surface area (Å²) in [5.41, 5.74) is 3.71. The first kappa shape index (κ1) is 11.1. The Kier molecular flexibility index (Phi) is 4.02. The number of allylic oxidation sites excluding steroid dienone is 1. The summed E-state index contributed by atoms with van der Waals surface area (Å²) >= 11 is 5.33. The van der Waals surface area contributed by atoms with E-state index in [1.54, 1.807) is 0 Å². The highest BCUT2D eigenvalue weighted by Gasteiger charge is 2.03. The van der Waals surface area contributed by atoms with Crippen LogP contribution in [-0.4, -0.2) is 4.86 Å². The molecule has 1 aromatic rings. The molecule has 0 aromatic heterocycles. The molecule has 0 atom stereocenters. The molecular weight excluding hydrogens is 188 g/mol. The fourth-order valence-corrected chi connectivity index (χ4v) is 1.63. The fourth-order valence-electron chi connectivity index (χ4n) is 1.44. The molecule has 0 amide bonds. The fraction of sp³-hybridized carbons (Fsp3) is 0.308. The zero-order valence-corrected chi connectivity index (χ0v) is 9.82. The van der Waals surface area contributed by atoms with E-state index in [1.165, 1.54) is 16.7 Å². The summed E-state index contributed by atoms with van der Waals surface area (Å²) in [7, 11) is 0. The van der Waals surface area contributed by atoms with Crippen molar-refractivity contribution < 1.29 is 0 Å². The molecule has 14 heavy (non-hydrogen) atoms. The molecule has 0 fully saturated rings. The smallest absolute Gasteiger partial charge is 0.0227 e. The number of benzene rings is 1. The van der Waals surface area contributed by atoms with E-state index in [-0.39, 0.29) is 0 Å². The Balaban J connectivity index is 3.21. The van der Waals surface area contributed by atoms with Crippen molar-refractivity contribution in [3.63, 3.8) is 0 Å². The Labute approximate surface area is 91.7 Å². The van der Waals surface area contributed by atoms with Gasteiger partial charge in [-0.1, -0.05) is 55.1 Å². The average molecular weight is 204 g/mol. The molecule has 0 N–H and O–H groups in total. The predicted molar refractivity (Wildman–Crippen MR) is 67.9 cm³/mol. The summed E-state index contributed by atoms with van der Waals surface area (Å²) in [6.07, 6.45) is 5.10. The normalized spacial score (nSPS) is 10.8. The van der Waals surface area contributed by atoms with E-state index in [4.69, 9.17) is 12.2 Å². The summed E-state index contributed by atoms with van der Waals surface area (Å²) < 4.78 is 0. The summed E-state index contributed by atoms with van der Waals surface area (Å²) in [6, 6.07) is 6.41. The van der Waals surface area contributed by atoms with E-state index in [0.717, 1.165) is 11.3 Å². The molecule has 1 aromatic carbocycles. The zero-order valence-electron chi connectivity index (χ0n) is 9.00. The third-order valence-electron chi connectivity index (χ3n) is 2.17. The molecule has 0 aliphatic heterocycles. The Bertz CT molecular complexity index is 361. The lowest BCUT2D eigenvalue weighted by Gasteiger charge is -2.07. The molecule has 1 rings (SSSR count). The second-order valence-electron chi connectivity index (χ2n) is 3.37. The van der Waals surface area contributed by atoms with Gasteiger partial charge in [-0.15, -0.1) is 0 Å². The van der Waals surface area contributed by atoms with E-state index in [1.807, 2.05) is 6.92 Å². The first-order valence-corrected chi connectivity index (χ1v) is 5.36. The van der Waals surface area contributed by atoms with Gasteiger partial charge in [0.2, 0.25) is 0 Å². The van der Waals surface area contributed by atoms with E-state index in [2.05, 4.69) is 44.2 Å². The van der Waals surface area contributed by atoms with Gasteiger partial charge in [0.05, 0.1) is 0 Å². The van der Waals surface area contributed by atoms with Crippen LogP contribution >= 0.6 is 12.2 Å². The second-order valence-corrected chi connectivity index (χ2v) is 3.86. The van der Waals surface area contributed by atoms with E-state index in [9.17, 15) is 0 Å². The van der Waals surface area contributed by atoms with Gasteiger partial charge in [0.25, 0.3) is 0 Å². The summed E-state index contributed by atoms with van der Waals surface area (Å²) in [5.74, 6) is 0. The largest absolute Gasteiger partial charge is 0.0870 e. The van der Waals surface area contributed by atoms with Crippen LogP contribution < -0.4 is 0 Å². The predicted octanol–water partition coefficient (Wildman–Crippen LogP) is 4.16. The van der Waals surface area contributed by atoms with E-state index < -0.39 is 0 Å². The van der Waals surface area contributed by atoms with Crippen LogP contribution in [-0.2, 0) is 0 Å². The summed E-state index contributed by atoms with van der Waals surface area (Å²) in [4.78, 5) is 1.04.